The maximum atomic E-state index is 12.9. The average molecular weight is 434 g/mol. The molecule has 3 rings (SSSR count). The SMILES string of the molecule is CCNC(=O)Nc1cc(Nc2ccc(C(=O)OC)cc2)c(C(=O)Nc2cccnc2)cn1. The highest BCUT2D eigenvalue weighted by Crippen LogP contribution is 2.25. The van der Waals surface area contributed by atoms with Gasteiger partial charge in [-0.1, -0.05) is 0 Å². The largest absolute Gasteiger partial charge is 0.465 e. The molecule has 164 valence electrons. The molecule has 10 nitrogen and oxygen atoms in total. The number of hydrogen-bond donors (Lipinski definition) is 4. The van der Waals surface area contributed by atoms with Crippen molar-refractivity contribution in [3.63, 3.8) is 0 Å². The van der Waals surface area contributed by atoms with Crippen molar-refractivity contribution >= 4 is 40.8 Å². The predicted octanol–water partition coefficient (Wildman–Crippen LogP) is 3.40. The molecule has 1 aromatic carbocycles. The monoisotopic (exact) mass is 434 g/mol. The summed E-state index contributed by atoms with van der Waals surface area (Å²) in [6.07, 6.45) is 4.48. The predicted molar refractivity (Wildman–Crippen MR) is 120 cm³/mol. The number of methoxy groups -OCH3 is 1. The third kappa shape index (κ3) is 5.79. The van der Waals surface area contributed by atoms with Gasteiger partial charge in [-0.15, -0.1) is 0 Å². The van der Waals surface area contributed by atoms with Crippen LogP contribution in [0.4, 0.5) is 27.7 Å². The lowest BCUT2D eigenvalue weighted by Crippen LogP contribution is -2.28. The molecular weight excluding hydrogens is 412 g/mol. The molecule has 0 saturated heterocycles. The Balaban J connectivity index is 1.89. The number of urea groups is 1. The van der Waals surface area contributed by atoms with E-state index in [0.29, 0.717) is 29.2 Å². The molecule has 32 heavy (non-hydrogen) atoms. The zero-order chi connectivity index (χ0) is 22.9. The van der Waals surface area contributed by atoms with Gasteiger partial charge in [0, 0.05) is 30.7 Å². The third-order valence-corrected chi connectivity index (χ3v) is 4.23. The number of pyridine rings is 2. The van der Waals surface area contributed by atoms with Crippen molar-refractivity contribution in [2.45, 2.75) is 6.92 Å². The molecule has 0 bridgehead atoms. The summed E-state index contributed by atoms with van der Waals surface area (Å²) < 4.78 is 4.70. The fraction of sp³-hybridized carbons (Fsp3) is 0.136. The smallest absolute Gasteiger partial charge is 0.337 e. The van der Waals surface area contributed by atoms with E-state index in [1.807, 2.05) is 0 Å². The van der Waals surface area contributed by atoms with Gasteiger partial charge in [0.15, 0.2) is 0 Å². The summed E-state index contributed by atoms with van der Waals surface area (Å²) in [7, 11) is 1.31. The van der Waals surface area contributed by atoms with E-state index in [0.717, 1.165) is 0 Å². The summed E-state index contributed by atoms with van der Waals surface area (Å²) in [5, 5.41) is 11.1. The van der Waals surface area contributed by atoms with Crippen molar-refractivity contribution in [1.82, 2.24) is 15.3 Å². The van der Waals surface area contributed by atoms with Crippen LogP contribution in [0.25, 0.3) is 0 Å². The highest BCUT2D eigenvalue weighted by Gasteiger charge is 2.15. The number of nitrogens with one attached hydrogen (secondary N) is 4. The number of carbonyl (C=O) groups is 3. The topological polar surface area (TPSA) is 134 Å². The minimum Gasteiger partial charge on any atom is -0.465 e. The molecule has 2 heterocycles. The van der Waals surface area contributed by atoms with Crippen LogP contribution >= 0.6 is 0 Å². The third-order valence-electron chi connectivity index (χ3n) is 4.23. The Labute approximate surface area is 184 Å². The van der Waals surface area contributed by atoms with E-state index in [1.165, 1.54) is 19.5 Å². The van der Waals surface area contributed by atoms with E-state index in [1.54, 1.807) is 55.6 Å². The summed E-state index contributed by atoms with van der Waals surface area (Å²) >= 11 is 0. The van der Waals surface area contributed by atoms with Gasteiger partial charge in [0.2, 0.25) is 0 Å². The fourth-order valence-electron chi connectivity index (χ4n) is 2.73. The molecule has 0 saturated carbocycles. The summed E-state index contributed by atoms with van der Waals surface area (Å²) in [6.45, 7) is 2.25. The second-order valence-electron chi connectivity index (χ2n) is 6.49. The van der Waals surface area contributed by atoms with Crippen LogP contribution in [0.15, 0.2) is 61.1 Å². The van der Waals surface area contributed by atoms with Crippen LogP contribution in [0.1, 0.15) is 27.6 Å². The molecule has 0 spiro atoms. The van der Waals surface area contributed by atoms with Gasteiger partial charge in [0.25, 0.3) is 5.91 Å². The zero-order valence-electron chi connectivity index (χ0n) is 17.5. The lowest BCUT2D eigenvalue weighted by atomic mass is 10.1. The maximum Gasteiger partial charge on any atom is 0.337 e. The van der Waals surface area contributed by atoms with Crippen molar-refractivity contribution < 1.29 is 19.1 Å². The van der Waals surface area contributed by atoms with Crippen LogP contribution in [-0.4, -0.2) is 41.5 Å². The first-order chi connectivity index (χ1) is 15.5. The summed E-state index contributed by atoms with van der Waals surface area (Å²) in [5.74, 6) is -0.614. The number of ether oxygens (including phenoxy) is 1. The number of rotatable bonds is 7. The highest BCUT2D eigenvalue weighted by molar-refractivity contribution is 6.08. The van der Waals surface area contributed by atoms with Gasteiger partial charge in [-0.25, -0.2) is 14.6 Å². The molecule has 3 aromatic rings. The Hall–Kier alpha value is -4.47. The highest BCUT2D eigenvalue weighted by atomic mass is 16.5. The number of anilines is 4. The first kappa shape index (κ1) is 22.2. The van der Waals surface area contributed by atoms with Crippen LogP contribution < -0.4 is 21.3 Å². The van der Waals surface area contributed by atoms with Gasteiger partial charge in [-0.05, 0) is 43.3 Å². The van der Waals surface area contributed by atoms with Gasteiger partial charge in [-0.3, -0.25) is 15.1 Å². The number of aromatic nitrogens is 2. The zero-order valence-corrected chi connectivity index (χ0v) is 17.5. The Morgan fingerprint density at radius 3 is 2.44 bits per heavy atom. The number of nitrogens with zero attached hydrogens (tertiary/aromatic N) is 2. The van der Waals surface area contributed by atoms with Crippen molar-refractivity contribution in [2.75, 3.05) is 29.6 Å². The molecule has 0 fully saturated rings. The number of amides is 3. The Bertz CT molecular complexity index is 1100. The van der Waals surface area contributed by atoms with Crippen LogP contribution in [0.5, 0.6) is 0 Å². The second kappa shape index (κ2) is 10.5. The molecule has 0 aliphatic rings. The van der Waals surface area contributed by atoms with Crippen molar-refractivity contribution in [3.8, 4) is 0 Å². The number of benzene rings is 1. The van der Waals surface area contributed by atoms with Gasteiger partial charge >= 0.3 is 12.0 Å². The molecule has 0 radical (unpaired) electrons. The van der Waals surface area contributed by atoms with Crippen LogP contribution in [0.2, 0.25) is 0 Å². The van der Waals surface area contributed by atoms with Gasteiger partial charge in [0.1, 0.15) is 5.82 Å². The van der Waals surface area contributed by atoms with Gasteiger partial charge in [-0.2, -0.15) is 0 Å². The van der Waals surface area contributed by atoms with E-state index >= 15 is 0 Å². The second-order valence-corrected chi connectivity index (χ2v) is 6.49. The Morgan fingerprint density at radius 2 is 1.78 bits per heavy atom. The number of carbonyl (C=O) groups excluding carboxylic acids is 3. The quantitative estimate of drug-likeness (QED) is 0.419. The van der Waals surface area contributed by atoms with E-state index in [2.05, 4.69) is 31.2 Å². The van der Waals surface area contributed by atoms with E-state index in [-0.39, 0.29) is 11.4 Å². The number of hydrogen-bond acceptors (Lipinski definition) is 7. The minimum absolute atomic E-state index is 0.243. The lowest BCUT2D eigenvalue weighted by Gasteiger charge is -2.14. The summed E-state index contributed by atoms with van der Waals surface area (Å²) in [4.78, 5) is 44.5. The normalized spacial score (nSPS) is 10.1. The Kier molecular flexibility index (Phi) is 7.31. The molecule has 0 aliphatic heterocycles. The lowest BCUT2D eigenvalue weighted by molar-refractivity contribution is 0.0600. The van der Waals surface area contributed by atoms with Crippen molar-refractivity contribution in [2.24, 2.45) is 0 Å². The molecule has 0 aliphatic carbocycles. The molecule has 3 amide bonds. The first-order valence-corrected chi connectivity index (χ1v) is 9.72. The van der Waals surface area contributed by atoms with Gasteiger partial charge in [0.05, 0.1) is 35.8 Å². The fourth-order valence-corrected chi connectivity index (χ4v) is 2.73. The molecular formula is C22H22N6O4. The van der Waals surface area contributed by atoms with E-state index < -0.39 is 17.9 Å². The first-order valence-electron chi connectivity index (χ1n) is 9.72. The Morgan fingerprint density at radius 1 is 1.00 bits per heavy atom. The number of esters is 1. The summed E-state index contributed by atoms with van der Waals surface area (Å²) in [5.41, 5.74) is 2.17. The molecule has 2 aromatic heterocycles. The molecule has 0 unspecified atom stereocenters. The van der Waals surface area contributed by atoms with E-state index in [9.17, 15) is 14.4 Å². The molecule has 10 heteroatoms. The maximum absolute atomic E-state index is 12.9. The minimum atomic E-state index is -0.453. The molecule has 0 atom stereocenters. The van der Waals surface area contributed by atoms with Crippen molar-refractivity contribution in [1.29, 1.82) is 0 Å². The van der Waals surface area contributed by atoms with Crippen LogP contribution in [-0.2, 0) is 4.74 Å². The molecule has 4 N–H and O–H groups in total. The summed E-state index contributed by atoms with van der Waals surface area (Å²) in [6, 6.07) is 11.1. The van der Waals surface area contributed by atoms with Crippen molar-refractivity contribution in [3.05, 3.63) is 72.2 Å². The van der Waals surface area contributed by atoms with E-state index in [4.69, 9.17) is 4.74 Å². The standard InChI is InChI=1S/C22H22N6O4/c1-3-24-22(31)28-19-11-18(26-15-8-6-14(7-9-15)21(30)32-2)17(13-25-19)20(29)27-16-5-4-10-23-12-16/h4-13H,3H2,1-2H3,(H,27,29)(H3,24,25,26,28,31). The van der Waals surface area contributed by atoms with Gasteiger partial charge < -0.3 is 20.7 Å². The van der Waals surface area contributed by atoms with Crippen LogP contribution in [0.3, 0.4) is 0 Å². The average Bonchev–Trinajstić information content (AvgIpc) is 2.80. The van der Waals surface area contributed by atoms with Crippen LogP contribution in [0, 0.1) is 0 Å².